The number of carbonyl (C=O) groups is 1. The molecule has 0 bridgehead atoms. The Morgan fingerprint density at radius 2 is 1.76 bits per heavy atom. The maximum absolute atomic E-state index is 13.7. The Morgan fingerprint density at radius 1 is 1.08 bits per heavy atom. The smallest absolute Gasteiger partial charge is 0.338 e. The van der Waals surface area contributed by atoms with E-state index in [0.29, 0.717) is 39.0 Å². The molecule has 1 atom stereocenters. The Morgan fingerprint density at radius 3 is 2.35 bits per heavy atom. The van der Waals surface area contributed by atoms with Gasteiger partial charge in [0.15, 0.2) is 4.80 Å². The number of hydrogen-bond acceptors (Lipinski definition) is 6. The number of aromatic nitrogens is 1. The molecule has 1 aliphatic heterocycles. The zero-order valence-electron chi connectivity index (χ0n) is 22.3. The fourth-order valence-electron chi connectivity index (χ4n) is 4.24. The third-order valence-corrected chi connectivity index (χ3v) is 7.18. The lowest BCUT2D eigenvalue weighted by molar-refractivity contribution is -0.139. The van der Waals surface area contributed by atoms with Crippen LogP contribution in [0, 0.1) is 5.92 Å². The molecule has 1 aromatic heterocycles. The molecule has 2 heterocycles. The summed E-state index contributed by atoms with van der Waals surface area (Å²) < 4.78 is 13.3. The van der Waals surface area contributed by atoms with Gasteiger partial charge in [0.2, 0.25) is 0 Å². The molecule has 194 valence electrons. The number of thiazole rings is 1. The second-order valence-electron chi connectivity index (χ2n) is 9.90. The molecule has 4 rings (SSSR count). The fourth-order valence-corrected chi connectivity index (χ4v) is 5.29. The van der Waals surface area contributed by atoms with Crippen LogP contribution >= 0.6 is 11.3 Å². The van der Waals surface area contributed by atoms with Crippen molar-refractivity contribution in [2.45, 2.75) is 53.5 Å². The van der Waals surface area contributed by atoms with Crippen molar-refractivity contribution in [3.8, 4) is 5.75 Å². The van der Waals surface area contributed by atoms with Crippen LogP contribution in [0.15, 0.2) is 69.6 Å². The van der Waals surface area contributed by atoms with Gasteiger partial charge in [0, 0.05) is 0 Å². The minimum Gasteiger partial charge on any atom is -0.493 e. The summed E-state index contributed by atoms with van der Waals surface area (Å²) in [5.41, 5.74) is 3.70. The van der Waals surface area contributed by atoms with Gasteiger partial charge in [0.1, 0.15) is 5.75 Å². The SMILES string of the molecule is CCOC(=O)C1=C(C)N=c2sc(=Cc3ccc(OCC(C)C)cc3)c(=O)n2C1c1ccc(C(C)C)cc1. The predicted octanol–water partition coefficient (Wildman–Crippen LogP) is 4.96. The van der Waals surface area contributed by atoms with Crippen molar-refractivity contribution in [2.24, 2.45) is 10.9 Å². The molecule has 0 saturated carbocycles. The highest BCUT2D eigenvalue weighted by Crippen LogP contribution is 2.31. The molecule has 3 aromatic rings. The van der Waals surface area contributed by atoms with Crippen LogP contribution in [0.4, 0.5) is 0 Å². The van der Waals surface area contributed by atoms with Crippen molar-refractivity contribution in [1.29, 1.82) is 0 Å². The molecule has 37 heavy (non-hydrogen) atoms. The molecular formula is C30H34N2O4S. The summed E-state index contributed by atoms with van der Waals surface area (Å²) in [6.45, 7) is 13.0. The third kappa shape index (κ3) is 5.77. The molecule has 0 radical (unpaired) electrons. The van der Waals surface area contributed by atoms with Crippen LogP contribution in [0.2, 0.25) is 0 Å². The maximum atomic E-state index is 13.7. The van der Waals surface area contributed by atoms with Crippen molar-refractivity contribution < 1.29 is 14.3 Å². The van der Waals surface area contributed by atoms with Gasteiger partial charge in [-0.15, -0.1) is 0 Å². The lowest BCUT2D eigenvalue weighted by atomic mass is 9.93. The van der Waals surface area contributed by atoms with Crippen LogP contribution in [0.3, 0.4) is 0 Å². The number of nitrogens with zero attached hydrogens (tertiary/aromatic N) is 2. The number of hydrogen-bond donors (Lipinski definition) is 0. The van der Waals surface area contributed by atoms with E-state index in [9.17, 15) is 9.59 Å². The molecule has 1 unspecified atom stereocenters. The van der Waals surface area contributed by atoms with Gasteiger partial charge in [-0.2, -0.15) is 0 Å². The Hall–Kier alpha value is -3.45. The topological polar surface area (TPSA) is 69.9 Å². The fraction of sp³-hybridized carbons (Fsp3) is 0.367. The first-order valence-electron chi connectivity index (χ1n) is 12.7. The summed E-state index contributed by atoms with van der Waals surface area (Å²) in [5, 5.41) is 0. The first-order chi connectivity index (χ1) is 17.7. The first kappa shape index (κ1) is 26.6. The highest BCUT2D eigenvalue weighted by molar-refractivity contribution is 7.07. The third-order valence-electron chi connectivity index (χ3n) is 6.20. The van der Waals surface area contributed by atoms with Crippen LogP contribution in [0.25, 0.3) is 6.08 Å². The second-order valence-corrected chi connectivity index (χ2v) is 10.9. The zero-order valence-corrected chi connectivity index (χ0v) is 23.1. The molecule has 6 nitrogen and oxygen atoms in total. The van der Waals surface area contributed by atoms with Crippen LogP contribution in [0.1, 0.15) is 70.2 Å². The monoisotopic (exact) mass is 518 g/mol. The molecule has 0 N–H and O–H groups in total. The van der Waals surface area contributed by atoms with E-state index in [2.05, 4.69) is 44.8 Å². The number of allylic oxidation sites excluding steroid dienone is 1. The largest absolute Gasteiger partial charge is 0.493 e. The van der Waals surface area contributed by atoms with E-state index in [1.807, 2.05) is 42.5 Å². The Bertz CT molecular complexity index is 1480. The minimum absolute atomic E-state index is 0.184. The van der Waals surface area contributed by atoms with E-state index in [0.717, 1.165) is 16.9 Å². The summed E-state index contributed by atoms with van der Waals surface area (Å²) in [5.74, 6) is 1.17. The van der Waals surface area contributed by atoms with Gasteiger partial charge in [0.25, 0.3) is 5.56 Å². The van der Waals surface area contributed by atoms with Gasteiger partial charge in [-0.3, -0.25) is 9.36 Å². The molecule has 0 aliphatic carbocycles. The van der Waals surface area contributed by atoms with Crippen molar-refractivity contribution >= 4 is 23.4 Å². The predicted molar refractivity (Wildman–Crippen MR) is 148 cm³/mol. The first-order valence-corrected chi connectivity index (χ1v) is 13.5. The van der Waals surface area contributed by atoms with Crippen molar-refractivity contribution in [3.05, 3.63) is 96.2 Å². The standard InChI is InChI=1S/C30H34N2O4S/c1-7-35-29(34)26-20(6)31-30-32(27(26)23-12-10-22(11-13-23)19(4)5)28(33)25(37-30)16-21-8-14-24(15-9-21)36-17-18(2)3/h8-16,18-19,27H,7,17H2,1-6H3. The minimum atomic E-state index is -0.606. The van der Waals surface area contributed by atoms with Gasteiger partial charge in [-0.25, -0.2) is 9.79 Å². The van der Waals surface area contributed by atoms with E-state index in [-0.39, 0.29) is 12.2 Å². The number of benzene rings is 2. The van der Waals surface area contributed by atoms with E-state index in [1.54, 1.807) is 18.4 Å². The maximum Gasteiger partial charge on any atom is 0.338 e. The summed E-state index contributed by atoms with van der Waals surface area (Å²) in [4.78, 5) is 32.0. The molecule has 0 fully saturated rings. The van der Waals surface area contributed by atoms with Crippen molar-refractivity contribution in [2.75, 3.05) is 13.2 Å². The van der Waals surface area contributed by atoms with Crippen LogP contribution in [-0.2, 0) is 9.53 Å². The Balaban J connectivity index is 1.80. The van der Waals surface area contributed by atoms with Gasteiger partial charge in [0.05, 0.1) is 35.1 Å². The van der Waals surface area contributed by atoms with Crippen molar-refractivity contribution in [3.63, 3.8) is 0 Å². The Labute approximate surface area is 221 Å². The normalized spacial score (nSPS) is 15.7. The molecule has 0 amide bonds. The van der Waals surface area contributed by atoms with Crippen LogP contribution < -0.4 is 19.6 Å². The van der Waals surface area contributed by atoms with Gasteiger partial charge < -0.3 is 9.47 Å². The lowest BCUT2D eigenvalue weighted by Gasteiger charge is -2.25. The van der Waals surface area contributed by atoms with Crippen LogP contribution in [-0.4, -0.2) is 23.8 Å². The van der Waals surface area contributed by atoms with Crippen LogP contribution in [0.5, 0.6) is 5.75 Å². The molecular weight excluding hydrogens is 484 g/mol. The molecule has 1 aliphatic rings. The highest BCUT2D eigenvalue weighted by atomic mass is 32.1. The Kier molecular flexibility index (Phi) is 8.13. The number of fused-ring (bicyclic) bond motifs is 1. The summed E-state index contributed by atoms with van der Waals surface area (Å²) in [7, 11) is 0. The van der Waals surface area contributed by atoms with E-state index in [4.69, 9.17) is 9.47 Å². The second kappa shape index (κ2) is 11.3. The van der Waals surface area contributed by atoms with Gasteiger partial charge in [-0.05, 0) is 60.6 Å². The summed E-state index contributed by atoms with van der Waals surface area (Å²) in [6, 6.07) is 15.2. The number of ether oxygens (including phenoxy) is 2. The molecule has 0 spiro atoms. The average Bonchev–Trinajstić information content (AvgIpc) is 3.17. The molecule has 0 saturated heterocycles. The highest BCUT2D eigenvalue weighted by Gasteiger charge is 2.33. The quantitative estimate of drug-likeness (QED) is 0.396. The van der Waals surface area contributed by atoms with E-state index < -0.39 is 12.0 Å². The van der Waals surface area contributed by atoms with E-state index >= 15 is 0 Å². The van der Waals surface area contributed by atoms with Gasteiger partial charge >= 0.3 is 5.97 Å². The van der Waals surface area contributed by atoms with E-state index in [1.165, 1.54) is 16.9 Å². The summed E-state index contributed by atoms with van der Waals surface area (Å²) in [6.07, 6.45) is 1.86. The molecule has 7 heteroatoms. The van der Waals surface area contributed by atoms with Crippen molar-refractivity contribution in [1.82, 2.24) is 4.57 Å². The number of esters is 1. The van der Waals surface area contributed by atoms with Gasteiger partial charge in [-0.1, -0.05) is 75.4 Å². The molecule has 2 aromatic carbocycles. The lowest BCUT2D eigenvalue weighted by Crippen LogP contribution is -2.39. The zero-order chi connectivity index (χ0) is 26.7. The number of carbonyl (C=O) groups excluding carboxylic acids is 1. The average molecular weight is 519 g/mol. The summed E-state index contributed by atoms with van der Waals surface area (Å²) >= 11 is 1.32. The number of rotatable bonds is 8.